The predicted octanol–water partition coefficient (Wildman–Crippen LogP) is 2.58. The molecule has 1 saturated heterocycles. The predicted molar refractivity (Wildman–Crippen MR) is 89.0 cm³/mol. The number of ether oxygens (including phenoxy) is 1. The molecule has 24 heavy (non-hydrogen) atoms. The molecule has 0 saturated carbocycles. The van der Waals surface area contributed by atoms with Crippen LogP contribution in [0.25, 0.3) is 0 Å². The van der Waals surface area contributed by atoms with Gasteiger partial charge in [-0.3, -0.25) is 4.90 Å². The fraction of sp³-hybridized carbons (Fsp3) is 0.333. The van der Waals surface area contributed by atoms with E-state index >= 15 is 0 Å². The molecule has 124 valence electrons. The van der Waals surface area contributed by atoms with Gasteiger partial charge in [0.2, 0.25) is 0 Å². The number of nitriles is 1. The summed E-state index contributed by atoms with van der Waals surface area (Å²) in [5.74, 6) is 0.302. The van der Waals surface area contributed by atoms with Crippen molar-refractivity contribution in [1.29, 1.82) is 5.26 Å². The van der Waals surface area contributed by atoms with Crippen molar-refractivity contribution in [2.75, 3.05) is 38.2 Å². The summed E-state index contributed by atoms with van der Waals surface area (Å²) in [6.45, 7) is 3.44. The fourth-order valence-electron chi connectivity index (χ4n) is 2.89. The minimum absolute atomic E-state index is 0.0156. The van der Waals surface area contributed by atoms with Crippen molar-refractivity contribution < 1.29 is 9.13 Å². The molecule has 1 aromatic carbocycles. The highest BCUT2D eigenvalue weighted by Crippen LogP contribution is 2.23. The molecule has 5 nitrogen and oxygen atoms in total. The average Bonchev–Trinajstić information content (AvgIpc) is 2.63. The van der Waals surface area contributed by atoms with E-state index in [9.17, 15) is 9.65 Å². The van der Waals surface area contributed by atoms with E-state index in [1.54, 1.807) is 30.5 Å². The zero-order chi connectivity index (χ0) is 16.8. The van der Waals surface area contributed by atoms with Crippen LogP contribution in [0.1, 0.15) is 17.2 Å². The first-order valence-corrected chi connectivity index (χ1v) is 7.94. The number of morpholine rings is 1. The highest BCUT2D eigenvalue weighted by Gasteiger charge is 2.23. The van der Waals surface area contributed by atoms with Crippen LogP contribution in [0.4, 0.5) is 10.2 Å². The van der Waals surface area contributed by atoms with E-state index in [2.05, 4.69) is 21.3 Å². The number of nitrogens with zero attached hydrogens (tertiary/aromatic N) is 3. The Kier molecular flexibility index (Phi) is 5.36. The van der Waals surface area contributed by atoms with Crippen LogP contribution in [0.15, 0.2) is 42.6 Å². The van der Waals surface area contributed by atoms with Gasteiger partial charge in [0, 0.05) is 25.8 Å². The number of hydrogen-bond acceptors (Lipinski definition) is 5. The van der Waals surface area contributed by atoms with E-state index in [0.29, 0.717) is 31.1 Å². The van der Waals surface area contributed by atoms with Crippen LogP contribution >= 0.6 is 0 Å². The van der Waals surface area contributed by atoms with Gasteiger partial charge in [0.25, 0.3) is 0 Å². The summed E-state index contributed by atoms with van der Waals surface area (Å²) in [6.07, 6.45) is 1.65. The second kappa shape index (κ2) is 7.86. The monoisotopic (exact) mass is 326 g/mol. The van der Waals surface area contributed by atoms with Gasteiger partial charge in [0.1, 0.15) is 17.7 Å². The second-order valence-corrected chi connectivity index (χ2v) is 5.61. The number of hydrogen-bond donors (Lipinski definition) is 1. The van der Waals surface area contributed by atoms with Gasteiger partial charge in [-0.05, 0) is 29.8 Å². The molecule has 0 amide bonds. The van der Waals surface area contributed by atoms with Gasteiger partial charge in [-0.1, -0.05) is 12.1 Å². The fourth-order valence-corrected chi connectivity index (χ4v) is 2.89. The Labute approximate surface area is 140 Å². The quantitative estimate of drug-likeness (QED) is 0.915. The minimum atomic E-state index is -0.249. The molecule has 1 aromatic heterocycles. The molecule has 6 heteroatoms. The van der Waals surface area contributed by atoms with E-state index in [-0.39, 0.29) is 11.9 Å². The van der Waals surface area contributed by atoms with Crippen molar-refractivity contribution in [3.63, 3.8) is 0 Å². The molecule has 2 aromatic rings. The van der Waals surface area contributed by atoms with Gasteiger partial charge in [-0.15, -0.1) is 0 Å². The highest BCUT2D eigenvalue weighted by atomic mass is 19.1. The van der Waals surface area contributed by atoms with E-state index in [1.807, 2.05) is 6.07 Å². The zero-order valence-electron chi connectivity index (χ0n) is 13.3. The van der Waals surface area contributed by atoms with Gasteiger partial charge in [-0.2, -0.15) is 5.26 Å². The molecule has 0 radical (unpaired) electrons. The first-order chi connectivity index (χ1) is 11.8. The van der Waals surface area contributed by atoms with Crippen LogP contribution in [-0.4, -0.2) is 42.7 Å². The van der Waals surface area contributed by atoms with Crippen molar-refractivity contribution in [2.45, 2.75) is 6.04 Å². The third-order valence-corrected chi connectivity index (χ3v) is 4.11. The van der Waals surface area contributed by atoms with Crippen LogP contribution in [0.2, 0.25) is 0 Å². The summed E-state index contributed by atoms with van der Waals surface area (Å²) in [5.41, 5.74) is 1.40. The molecule has 0 bridgehead atoms. The maximum absolute atomic E-state index is 13.7. The number of pyridine rings is 1. The Morgan fingerprint density at radius 3 is 2.88 bits per heavy atom. The second-order valence-electron chi connectivity index (χ2n) is 5.61. The number of anilines is 1. The van der Waals surface area contributed by atoms with Crippen molar-refractivity contribution in [1.82, 2.24) is 9.88 Å². The molecule has 1 fully saturated rings. The first-order valence-electron chi connectivity index (χ1n) is 7.94. The lowest BCUT2D eigenvalue weighted by molar-refractivity contribution is 0.0186. The van der Waals surface area contributed by atoms with Gasteiger partial charge in [0.05, 0.1) is 24.8 Å². The van der Waals surface area contributed by atoms with Crippen molar-refractivity contribution >= 4 is 5.82 Å². The van der Waals surface area contributed by atoms with E-state index < -0.39 is 0 Å². The SMILES string of the molecule is N#Cc1cccnc1NC[C@@H](c1cccc(F)c1)N1CCOCC1. The van der Waals surface area contributed by atoms with Crippen LogP contribution < -0.4 is 5.32 Å². The van der Waals surface area contributed by atoms with Crippen molar-refractivity contribution in [3.05, 3.63) is 59.5 Å². The molecule has 3 rings (SSSR count). The Morgan fingerprint density at radius 1 is 1.29 bits per heavy atom. The molecular formula is C18H19FN4O. The van der Waals surface area contributed by atoms with Crippen LogP contribution in [0.3, 0.4) is 0 Å². The summed E-state index contributed by atoms with van der Waals surface area (Å²) in [6, 6.07) is 12.2. The zero-order valence-corrected chi connectivity index (χ0v) is 13.3. The van der Waals surface area contributed by atoms with Crippen molar-refractivity contribution in [2.24, 2.45) is 0 Å². The lowest BCUT2D eigenvalue weighted by Crippen LogP contribution is -2.41. The molecule has 2 heterocycles. The molecule has 1 aliphatic heterocycles. The summed E-state index contributed by atoms with van der Waals surface area (Å²) in [4.78, 5) is 6.49. The topological polar surface area (TPSA) is 61.2 Å². The summed E-state index contributed by atoms with van der Waals surface area (Å²) in [7, 11) is 0. The molecule has 0 spiro atoms. The Balaban J connectivity index is 1.81. The van der Waals surface area contributed by atoms with Gasteiger partial charge in [0.15, 0.2) is 0 Å². The maximum Gasteiger partial charge on any atom is 0.143 e. The highest BCUT2D eigenvalue weighted by molar-refractivity contribution is 5.51. The summed E-state index contributed by atoms with van der Waals surface area (Å²) >= 11 is 0. The molecular weight excluding hydrogens is 307 g/mol. The van der Waals surface area contributed by atoms with E-state index in [0.717, 1.165) is 18.7 Å². The maximum atomic E-state index is 13.7. The van der Waals surface area contributed by atoms with Crippen LogP contribution in [0.5, 0.6) is 0 Å². The van der Waals surface area contributed by atoms with E-state index in [4.69, 9.17) is 4.74 Å². The Hall–Kier alpha value is -2.49. The van der Waals surface area contributed by atoms with Crippen molar-refractivity contribution in [3.8, 4) is 6.07 Å². The summed E-state index contributed by atoms with van der Waals surface area (Å²) in [5, 5.41) is 12.4. The lowest BCUT2D eigenvalue weighted by Gasteiger charge is -2.35. The minimum Gasteiger partial charge on any atom is -0.379 e. The van der Waals surface area contributed by atoms with E-state index in [1.165, 1.54) is 6.07 Å². The molecule has 1 N–H and O–H groups in total. The standard InChI is InChI=1S/C18H19FN4O/c19-16-5-1-3-14(11-16)17(23-7-9-24-10-8-23)13-22-18-15(12-20)4-2-6-21-18/h1-6,11,17H,7-10,13H2,(H,21,22)/t17-/m0/s1. The molecule has 0 aliphatic carbocycles. The van der Waals surface area contributed by atoms with Crippen LogP contribution in [-0.2, 0) is 4.74 Å². The number of halogens is 1. The largest absolute Gasteiger partial charge is 0.379 e. The molecule has 1 atom stereocenters. The summed E-state index contributed by atoms with van der Waals surface area (Å²) < 4.78 is 19.1. The number of rotatable bonds is 5. The first kappa shape index (κ1) is 16.4. The lowest BCUT2D eigenvalue weighted by atomic mass is 10.0. The number of benzene rings is 1. The third-order valence-electron chi connectivity index (χ3n) is 4.11. The Morgan fingerprint density at radius 2 is 2.12 bits per heavy atom. The van der Waals surface area contributed by atoms with Gasteiger partial charge in [-0.25, -0.2) is 9.37 Å². The van der Waals surface area contributed by atoms with Gasteiger partial charge >= 0.3 is 0 Å². The van der Waals surface area contributed by atoms with Gasteiger partial charge < -0.3 is 10.1 Å². The normalized spacial score (nSPS) is 16.3. The number of aromatic nitrogens is 1. The molecule has 0 unspecified atom stereocenters. The smallest absolute Gasteiger partial charge is 0.143 e. The average molecular weight is 326 g/mol. The Bertz CT molecular complexity index is 725. The molecule has 1 aliphatic rings. The third kappa shape index (κ3) is 3.88. The van der Waals surface area contributed by atoms with Crippen LogP contribution in [0, 0.1) is 17.1 Å². The number of nitrogens with one attached hydrogen (secondary N) is 1.